The molecule has 1 aromatic heterocycles. The molecule has 0 aliphatic heterocycles. The van der Waals surface area contributed by atoms with Crippen LogP contribution in [0.2, 0.25) is 0 Å². The largest absolute Gasteiger partial charge is 0.392 e. The topological polar surface area (TPSA) is 85.4 Å². The van der Waals surface area contributed by atoms with Gasteiger partial charge in [-0.15, -0.1) is 0 Å². The van der Waals surface area contributed by atoms with E-state index in [4.69, 9.17) is 5.11 Å². The van der Waals surface area contributed by atoms with Crippen LogP contribution in [0.25, 0.3) is 0 Å². The van der Waals surface area contributed by atoms with Crippen LogP contribution in [0.15, 0.2) is 45.8 Å². The van der Waals surface area contributed by atoms with Crippen molar-refractivity contribution in [3.8, 4) is 0 Å². The summed E-state index contributed by atoms with van der Waals surface area (Å²) in [6.45, 7) is 0.174. The Morgan fingerprint density at radius 3 is 2.40 bits per heavy atom. The van der Waals surface area contributed by atoms with Crippen molar-refractivity contribution in [2.45, 2.75) is 13.2 Å². The first kappa shape index (κ1) is 14.4. The fourth-order valence-electron chi connectivity index (χ4n) is 1.75. The summed E-state index contributed by atoms with van der Waals surface area (Å²) in [6, 6.07) is 8.21. The molecule has 0 bridgehead atoms. The summed E-state index contributed by atoms with van der Waals surface area (Å²) in [5.41, 5.74) is 1.10. The van der Waals surface area contributed by atoms with Crippen LogP contribution in [0.1, 0.15) is 11.1 Å². The summed E-state index contributed by atoms with van der Waals surface area (Å²) in [6.07, 6.45) is 1.22. The molecule has 0 saturated heterocycles. The van der Waals surface area contributed by atoms with Gasteiger partial charge in [0.2, 0.25) is 0 Å². The van der Waals surface area contributed by atoms with Gasteiger partial charge in [0.1, 0.15) is 0 Å². The van der Waals surface area contributed by atoms with E-state index < -0.39 is 4.92 Å². The van der Waals surface area contributed by atoms with E-state index in [1.54, 1.807) is 24.3 Å². The molecule has 0 aliphatic carbocycles. The lowest BCUT2D eigenvalue weighted by molar-refractivity contribution is -0.385. The van der Waals surface area contributed by atoms with Gasteiger partial charge in [0.25, 0.3) is 11.2 Å². The maximum atomic E-state index is 11.9. The van der Waals surface area contributed by atoms with E-state index in [-0.39, 0.29) is 28.9 Å². The first-order valence-electron chi connectivity index (χ1n) is 5.74. The Hall–Kier alpha value is -1.99. The van der Waals surface area contributed by atoms with Crippen molar-refractivity contribution in [1.82, 2.24) is 4.57 Å². The molecule has 0 spiro atoms. The molecular weight excluding hydrogens is 328 g/mol. The number of pyridine rings is 1. The van der Waals surface area contributed by atoms with Gasteiger partial charge in [-0.05, 0) is 27.1 Å². The van der Waals surface area contributed by atoms with Crippen molar-refractivity contribution in [2.24, 2.45) is 0 Å². The molecule has 104 valence electrons. The zero-order valence-corrected chi connectivity index (χ0v) is 11.9. The molecule has 0 fully saturated rings. The summed E-state index contributed by atoms with van der Waals surface area (Å²) in [5, 5.41) is 19.8. The molecule has 7 heteroatoms. The van der Waals surface area contributed by atoms with Gasteiger partial charge in [-0.3, -0.25) is 14.9 Å². The van der Waals surface area contributed by atoms with Crippen molar-refractivity contribution >= 4 is 21.6 Å². The number of nitrogens with zero attached hydrogens (tertiary/aromatic N) is 2. The number of halogens is 1. The van der Waals surface area contributed by atoms with Gasteiger partial charge < -0.3 is 9.67 Å². The number of aliphatic hydroxyl groups is 1. The first-order chi connectivity index (χ1) is 9.51. The van der Waals surface area contributed by atoms with Gasteiger partial charge in [-0.1, -0.05) is 24.3 Å². The van der Waals surface area contributed by atoms with Crippen LogP contribution >= 0.6 is 15.9 Å². The van der Waals surface area contributed by atoms with Crippen LogP contribution in [0.4, 0.5) is 5.69 Å². The third kappa shape index (κ3) is 3.12. The Labute approximate surface area is 122 Å². The lowest BCUT2D eigenvalue weighted by Crippen LogP contribution is -2.21. The van der Waals surface area contributed by atoms with Crippen LogP contribution < -0.4 is 5.56 Å². The smallest absolute Gasteiger partial charge is 0.286 e. The van der Waals surface area contributed by atoms with E-state index in [0.717, 1.165) is 11.1 Å². The van der Waals surface area contributed by atoms with Gasteiger partial charge in [0, 0.05) is 6.07 Å². The molecule has 1 aromatic carbocycles. The lowest BCUT2D eigenvalue weighted by Gasteiger charge is -2.07. The van der Waals surface area contributed by atoms with Crippen molar-refractivity contribution < 1.29 is 10.0 Å². The Balaban J connectivity index is 2.36. The lowest BCUT2D eigenvalue weighted by atomic mass is 10.1. The quantitative estimate of drug-likeness (QED) is 0.682. The SMILES string of the molecule is O=c1c(Br)cc([N+](=O)[O-])cn1Cc1ccc(CO)cc1. The second-order valence-corrected chi connectivity index (χ2v) is 5.07. The number of hydrogen-bond donors (Lipinski definition) is 1. The summed E-state index contributed by atoms with van der Waals surface area (Å²) in [7, 11) is 0. The second-order valence-electron chi connectivity index (χ2n) is 4.21. The molecule has 2 rings (SSSR count). The average molecular weight is 339 g/mol. The Morgan fingerprint density at radius 2 is 1.85 bits per heavy atom. The van der Waals surface area contributed by atoms with E-state index >= 15 is 0 Å². The zero-order chi connectivity index (χ0) is 14.7. The number of aromatic nitrogens is 1. The molecule has 1 N–H and O–H groups in total. The predicted octanol–water partition coefficient (Wildman–Crippen LogP) is 2.06. The van der Waals surface area contributed by atoms with Crippen molar-refractivity contribution in [3.05, 3.63) is 72.6 Å². The minimum absolute atomic E-state index is 0.0530. The van der Waals surface area contributed by atoms with Crippen LogP contribution in [0.3, 0.4) is 0 Å². The van der Waals surface area contributed by atoms with Crippen LogP contribution in [-0.4, -0.2) is 14.6 Å². The monoisotopic (exact) mass is 338 g/mol. The van der Waals surface area contributed by atoms with E-state index in [1.807, 2.05) is 0 Å². The Kier molecular flexibility index (Phi) is 4.31. The highest BCUT2D eigenvalue weighted by Gasteiger charge is 2.12. The molecule has 20 heavy (non-hydrogen) atoms. The molecule has 2 aromatic rings. The second kappa shape index (κ2) is 5.98. The molecule has 0 aliphatic rings. The van der Waals surface area contributed by atoms with E-state index in [9.17, 15) is 14.9 Å². The van der Waals surface area contributed by atoms with Crippen molar-refractivity contribution in [2.75, 3.05) is 0 Å². The molecule has 1 heterocycles. The van der Waals surface area contributed by atoms with Crippen LogP contribution in [0.5, 0.6) is 0 Å². The van der Waals surface area contributed by atoms with E-state index in [1.165, 1.54) is 16.8 Å². The number of hydrogen-bond acceptors (Lipinski definition) is 4. The summed E-state index contributed by atoms with van der Waals surface area (Å²) in [5.74, 6) is 0. The fraction of sp³-hybridized carbons (Fsp3) is 0.154. The maximum Gasteiger partial charge on any atom is 0.286 e. The summed E-state index contributed by atoms with van der Waals surface area (Å²) in [4.78, 5) is 22.2. The Morgan fingerprint density at radius 1 is 1.25 bits per heavy atom. The molecule has 6 nitrogen and oxygen atoms in total. The number of nitro groups is 1. The van der Waals surface area contributed by atoms with Crippen molar-refractivity contribution in [3.63, 3.8) is 0 Å². The predicted molar refractivity (Wildman–Crippen MR) is 76.5 cm³/mol. The minimum Gasteiger partial charge on any atom is -0.392 e. The molecular formula is C13H11BrN2O4. The number of rotatable bonds is 4. The van der Waals surface area contributed by atoms with Gasteiger partial charge in [-0.25, -0.2) is 0 Å². The van der Waals surface area contributed by atoms with Crippen molar-refractivity contribution in [1.29, 1.82) is 0 Å². The minimum atomic E-state index is -0.546. The fourth-order valence-corrected chi connectivity index (χ4v) is 2.21. The molecule has 0 radical (unpaired) electrons. The van der Waals surface area contributed by atoms with Gasteiger partial charge >= 0.3 is 0 Å². The average Bonchev–Trinajstić information content (AvgIpc) is 2.44. The van der Waals surface area contributed by atoms with Gasteiger partial charge in [-0.2, -0.15) is 0 Å². The van der Waals surface area contributed by atoms with Gasteiger partial charge in [0.15, 0.2) is 0 Å². The Bertz CT molecular complexity index is 695. The zero-order valence-electron chi connectivity index (χ0n) is 10.3. The molecule has 0 amide bonds. The number of aliphatic hydroxyl groups excluding tert-OH is 1. The first-order valence-corrected chi connectivity index (χ1v) is 6.53. The number of benzene rings is 1. The highest BCUT2D eigenvalue weighted by Crippen LogP contribution is 2.15. The normalized spacial score (nSPS) is 10.5. The molecule has 0 atom stereocenters. The highest BCUT2D eigenvalue weighted by atomic mass is 79.9. The van der Waals surface area contributed by atoms with Crippen LogP contribution in [-0.2, 0) is 13.2 Å². The molecule has 0 saturated carbocycles. The highest BCUT2D eigenvalue weighted by molar-refractivity contribution is 9.10. The maximum absolute atomic E-state index is 11.9. The standard InChI is InChI=1S/C13H11BrN2O4/c14-12-5-11(16(19)20)7-15(13(12)18)6-9-1-3-10(8-17)4-2-9/h1-5,7,17H,6,8H2. The summed E-state index contributed by atoms with van der Waals surface area (Å²) < 4.78 is 1.43. The van der Waals surface area contributed by atoms with E-state index in [0.29, 0.717) is 0 Å². The van der Waals surface area contributed by atoms with Crippen LogP contribution in [0, 0.1) is 10.1 Å². The summed E-state index contributed by atoms with van der Waals surface area (Å²) >= 11 is 3.03. The van der Waals surface area contributed by atoms with Gasteiger partial charge in [0.05, 0.1) is 28.7 Å². The third-order valence-electron chi connectivity index (χ3n) is 2.80. The third-order valence-corrected chi connectivity index (χ3v) is 3.37. The van der Waals surface area contributed by atoms with E-state index in [2.05, 4.69) is 15.9 Å². The molecule has 0 unspecified atom stereocenters.